The van der Waals surface area contributed by atoms with Crippen molar-refractivity contribution in [2.45, 2.75) is 33.1 Å². The highest BCUT2D eigenvalue weighted by molar-refractivity contribution is 6.04. The van der Waals surface area contributed by atoms with E-state index in [1.807, 2.05) is 19.1 Å². The zero-order valence-corrected chi connectivity index (χ0v) is 16.7. The van der Waals surface area contributed by atoms with Crippen molar-refractivity contribution >= 4 is 22.8 Å². The van der Waals surface area contributed by atoms with E-state index >= 15 is 0 Å². The monoisotopic (exact) mass is 391 g/mol. The smallest absolute Gasteiger partial charge is 0.307 e. The van der Waals surface area contributed by atoms with Crippen molar-refractivity contribution in [2.24, 2.45) is 0 Å². The first-order valence-electron chi connectivity index (χ1n) is 9.75. The van der Waals surface area contributed by atoms with Crippen LogP contribution < -0.4 is 4.74 Å². The minimum absolute atomic E-state index is 0.0749. The Morgan fingerprint density at radius 1 is 1.10 bits per heavy atom. The Hall–Kier alpha value is -3.34. The number of aromatic nitrogens is 1. The molecule has 150 valence electrons. The van der Waals surface area contributed by atoms with Gasteiger partial charge in [0.2, 0.25) is 0 Å². The number of carboxylic acids is 1. The number of aliphatic carboxylic acids is 1. The number of fused-ring (bicyclic) bond motifs is 1. The maximum absolute atomic E-state index is 13.1. The van der Waals surface area contributed by atoms with Crippen LogP contribution in [0.4, 0.5) is 0 Å². The molecule has 0 radical (unpaired) electrons. The van der Waals surface area contributed by atoms with Crippen LogP contribution in [0.25, 0.3) is 10.9 Å². The molecular weight excluding hydrogens is 366 g/mol. The summed E-state index contributed by atoms with van der Waals surface area (Å²) in [5, 5.41) is 9.92. The molecule has 5 heteroatoms. The van der Waals surface area contributed by atoms with E-state index in [0.29, 0.717) is 23.3 Å². The molecule has 0 aliphatic rings. The molecule has 1 aromatic heterocycles. The maximum atomic E-state index is 13.1. The standard InChI is InChI=1S/C24H25NO4/c1-3-4-5-6-14-29-20-12-10-18(11-13-20)24(28)25-17(2)15-21-19(16-23(26)27)8-7-9-22(21)25/h4-5,7-13,15H,3,6,14,16H2,1-2H3,(H,26,27)/b5-4-. The Kier molecular flexibility index (Phi) is 6.50. The summed E-state index contributed by atoms with van der Waals surface area (Å²) in [6.45, 7) is 4.54. The van der Waals surface area contributed by atoms with Gasteiger partial charge < -0.3 is 9.84 Å². The van der Waals surface area contributed by atoms with Gasteiger partial charge in [0.05, 0.1) is 18.5 Å². The van der Waals surface area contributed by atoms with Crippen molar-refractivity contribution in [1.29, 1.82) is 0 Å². The summed E-state index contributed by atoms with van der Waals surface area (Å²) >= 11 is 0. The Bertz CT molecular complexity index is 1040. The average molecular weight is 391 g/mol. The first-order chi connectivity index (χ1) is 14.0. The summed E-state index contributed by atoms with van der Waals surface area (Å²) in [6.07, 6.45) is 5.99. The Morgan fingerprint density at radius 3 is 2.55 bits per heavy atom. The number of hydrogen-bond donors (Lipinski definition) is 1. The second-order valence-corrected chi connectivity index (χ2v) is 6.89. The Morgan fingerprint density at radius 2 is 1.86 bits per heavy atom. The molecule has 5 nitrogen and oxygen atoms in total. The van der Waals surface area contributed by atoms with Crippen molar-refractivity contribution in [3.63, 3.8) is 0 Å². The highest BCUT2D eigenvalue weighted by Gasteiger charge is 2.17. The molecule has 0 aliphatic carbocycles. The molecule has 29 heavy (non-hydrogen) atoms. The molecule has 0 unspecified atom stereocenters. The number of ether oxygens (including phenoxy) is 1. The summed E-state index contributed by atoms with van der Waals surface area (Å²) in [7, 11) is 0. The lowest BCUT2D eigenvalue weighted by Gasteiger charge is -2.09. The zero-order chi connectivity index (χ0) is 20.8. The van der Waals surface area contributed by atoms with Crippen molar-refractivity contribution < 1.29 is 19.4 Å². The molecular formula is C24H25NO4. The van der Waals surface area contributed by atoms with Gasteiger partial charge in [-0.1, -0.05) is 31.2 Å². The number of carbonyl (C=O) groups excluding carboxylic acids is 1. The van der Waals surface area contributed by atoms with E-state index in [2.05, 4.69) is 19.1 Å². The van der Waals surface area contributed by atoms with Crippen molar-refractivity contribution in [3.05, 3.63) is 77.5 Å². The fourth-order valence-corrected chi connectivity index (χ4v) is 3.36. The summed E-state index contributed by atoms with van der Waals surface area (Å²) < 4.78 is 7.33. The zero-order valence-electron chi connectivity index (χ0n) is 16.7. The van der Waals surface area contributed by atoms with Crippen LogP contribution in [0.15, 0.2) is 60.7 Å². The Labute approximate surface area is 170 Å². The van der Waals surface area contributed by atoms with Gasteiger partial charge in [0.25, 0.3) is 5.91 Å². The summed E-state index contributed by atoms with van der Waals surface area (Å²) in [5.74, 6) is -0.318. The number of carboxylic acid groups (broad SMARTS) is 1. The fourth-order valence-electron chi connectivity index (χ4n) is 3.36. The highest BCUT2D eigenvalue weighted by atomic mass is 16.5. The molecule has 1 N–H and O–H groups in total. The summed E-state index contributed by atoms with van der Waals surface area (Å²) in [6, 6.07) is 14.4. The van der Waals surface area contributed by atoms with Crippen LogP contribution in [0, 0.1) is 6.92 Å². The van der Waals surface area contributed by atoms with Gasteiger partial charge in [-0.25, -0.2) is 0 Å². The molecule has 0 atom stereocenters. The van der Waals surface area contributed by atoms with E-state index in [9.17, 15) is 9.59 Å². The molecule has 0 amide bonds. The van der Waals surface area contributed by atoms with Gasteiger partial charge in [0.15, 0.2) is 0 Å². The highest BCUT2D eigenvalue weighted by Crippen LogP contribution is 2.25. The molecule has 3 rings (SSSR count). The van der Waals surface area contributed by atoms with Crippen LogP contribution in [0.5, 0.6) is 5.75 Å². The van der Waals surface area contributed by atoms with Crippen molar-refractivity contribution in [1.82, 2.24) is 4.57 Å². The van der Waals surface area contributed by atoms with Gasteiger partial charge in [-0.2, -0.15) is 0 Å². The fraction of sp³-hybridized carbons (Fsp3) is 0.250. The average Bonchev–Trinajstić information content (AvgIpc) is 3.04. The predicted molar refractivity (Wildman–Crippen MR) is 114 cm³/mol. The van der Waals surface area contributed by atoms with Crippen molar-refractivity contribution in [3.8, 4) is 5.75 Å². The lowest BCUT2D eigenvalue weighted by molar-refractivity contribution is -0.136. The number of nitrogens with zero attached hydrogens (tertiary/aromatic N) is 1. The van der Waals surface area contributed by atoms with Crippen LogP contribution in [-0.2, 0) is 11.2 Å². The molecule has 1 heterocycles. The third kappa shape index (κ3) is 4.74. The number of carbonyl (C=O) groups is 2. The second kappa shape index (κ2) is 9.24. The summed E-state index contributed by atoms with van der Waals surface area (Å²) in [5.41, 5.74) is 2.73. The quantitative estimate of drug-likeness (QED) is 0.433. The first-order valence-corrected chi connectivity index (χ1v) is 9.75. The molecule has 0 saturated carbocycles. The van der Waals surface area contributed by atoms with Crippen molar-refractivity contribution in [2.75, 3.05) is 6.61 Å². The van der Waals surface area contributed by atoms with Gasteiger partial charge in [0, 0.05) is 16.6 Å². The van der Waals surface area contributed by atoms with E-state index in [4.69, 9.17) is 9.84 Å². The number of hydrogen-bond acceptors (Lipinski definition) is 3. The van der Waals surface area contributed by atoms with Gasteiger partial charge in [-0.15, -0.1) is 0 Å². The molecule has 3 aromatic rings. The third-order valence-corrected chi connectivity index (χ3v) is 4.72. The molecule has 0 aliphatic heterocycles. The van der Waals surface area contributed by atoms with E-state index < -0.39 is 5.97 Å². The first kappa shape index (κ1) is 20.4. The largest absolute Gasteiger partial charge is 0.493 e. The molecule has 0 saturated heterocycles. The van der Waals surface area contributed by atoms with Crippen LogP contribution in [-0.4, -0.2) is 28.2 Å². The van der Waals surface area contributed by atoms with Crippen LogP contribution >= 0.6 is 0 Å². The maximum Gasteiger partial charge on any atom is 0.307 e. The SMILES string of the molecule is CC/C=C\CCOc1ccc(C(=O)n2c(C)cc3c(CC(=O)O)cccc32)cc1. The number of benzene rings is 2. The molecule has 0 bridgehead atoms. The van der Waals surface area contributed by atoms with E-state index in [-0.39, 0.29) is 12.3 Å². The van der Waals surface area contributed by atoms with Gasteiger partial charge >= 0.3 is 5.97 Å². The minimum Gasteiger partial charge on any atom is -0.493 e. The third-order valence-electron chi connectivity index (χ3n) is 4.72. The van der Waals surface area contributed by atoms with Gasteiger partial charge in [0.1, 0.15) is 5.75 Å². The van der Waals surface area contributed by atoms with Crippen LogP contribution in [0.2, 0.25) is 0 Å². The summed E-state index contributed by atoms with van der Waals surface area (Å²) in [4.78, 5) is 24.2. The van der Waals surface area contributed by atoms with Crippen LogP contribution in [0.1, 0.15) is 41.4 Å². The van der Waals surface area contributed by atoms with E-state index in [0.717, 1.165) is 29.7 Å². The molecule has 0 fully saturated rings. The molecule has 0 spiro atoms. The van der Waals surface area contributed by atoms with Crippen LogP contribution in [0.3, 0.4) is 0 Å². The second-order valence-electron chi connectivity index (χ2n) is 6.89. The predicted octanol–water partition coefficient (Wildman–Crippen LogP) is 5.00. The van der Waals surface area contributed by atoms with E-state index in [1.54, 1.807) is 41.0 Å². The lowest BCUT2D eigenvalue weighted by Crippen LogP contribution is -2.13. The number of aryl methyl sites for hydroxylation is 1. The molecule has 2 aromatic carbocycles. The Balaban J connectivity index is 1.81. The van der Waals surface area contributed by atoms with Gasteiger partial charge in [-0.3, -0.25) is 14.2 Å². The minimum atomic E-state index is -0.894. The lowest BCUT2D eigenvalue weighted by atomic mass is 10.1. The topological polar surface area (TPSA) is 68.5 Å². The normalized spacial score (nSPS) is 11.2. The van der Waals surface area contributed by atoms with E-state index in [1.165, 1.54) is 0 Å². The van der Waals surface area contributed by atoms with Gasteiger partial charge in [-0.05, 0) is 61.7 Å². The number of allylic oxidation sites excluding steroid dienone is 1. The number of rotatable bonds is 8.